The molecule has 0 aromatic heterocycles. The monoisotopic (exact) mass is 259 g/mol. The lowest BCUT2D eigenvalue weighted by Gasteiger charge is -2.30. The third-order valence-electron chi connectivity index (χ3n) is 4.32. The van der Waals surface area contributed by atoms with Gasteiger partial charge in [0.2, 0.25) is 5.91 Å². The number of benzene rings is 1. The van der Waals surface area contributed by atoms with Crippen molar-refractivity contribution in [1.82, 2.24) is 4.90 Å². The maximum atomic E-state index is 11.2. The van der Waals surface area contributed by atoms with Crippen LogP contribution in [0.2, 0.25) is 0 Å². The van der Waals surface area contributed by atoms with Crippen LogP contribution in [0, 0.1) is 5.92 Å². The van der Waals surface area contributed by atoms with Crippen LogP contribution in [0.5, 0.6) is 0 Å². The van der Waals surface area contributed by atoms with Crippen molar-refractivity contribution in [3.63, 3.8) is 0 Å². The number of hydrogen-bond donors (Lipinski definition) is 2. The van der Waals surface area contributed by atoms with Gasteiger partial charge < -0.3 is 11.1 Å². The van der Waals surface area contributed by atoms with Crippen LogP contribution in [-0.4, -0.2) is 30.4 Å². The van der Waals surface area contributed by atoms with E-state index in [-0.39, 0.29) is 11.8 Å². The van der Waals surface area contributed by atoms with Gasteiger partial charge >= 0.3 is 0 Å². The van der Waals surface area contributed by atoms with Gasteiger partial charge in [0, 0.05) is 24.7 Å². The molecule has 0 radical (unpaired) electrons. The molecule has 2 aliphatic rings. The fourth-order valence-electron chi connectivity index (χ4n) is 3.16. The summed E-state index contributed by atoms with van der Waals surface area (Å²) in [7, 11) is 0. The fraction of sp³-hybridized carbons (Fsp3) is 0.533. The van der Waals surface area contributed by atoms with Crippen molar-refractivity contribution in [2.45, 2.75) is 25.8 Å². The molecule has 0 saturated carbocycles. The number of piperidine rings is 1. The second kappa shape index (κ2) is 5.21. The minimum absolute atomic E-state index is 0.0795. The number of nitrogens with zero attached hydrogens (tertiary/aromatic N) is 1. The minimum atomic E-state index is -0.137. The summed E-state index contributed by atoms with van der Waals surface area (Å²) < 4.78 is 0. The lowest BCUT2D eigenvalue weighted by molar-refractivity contribution is -0.123. The van der Waals surface area contributed by atoms with Gasteiger partial charge in [-0.25, -0.2) is 0 Å². The third-order valence-corrected chi connectivity index (χ3v) is 4.32. The zero-order valence-electron chi connectivity index (χ0n) is 11.2. The number of primary amides is 1. The Morgan fingerprint density at radius 2 is 2.16 bits per heavy atom. The van der Waals surface area contributed by atoms with E-state index in [0.29, 0.717) is 0 Å². The molecule has 1 amide bonds. The van der Waals surface area contributed by atoms with Gasteiger partial charge in [-0.05, 0) is 43.5 Å². The Morgan fingerprint density at radius 3 is 2.89 bits per heavy atom. The molecule has 1 aromatic carbocycles. The van der Waals surface area contributed by atoms with Crippen molar-refractivity contribution in [3.8, 4) is 0 Å². The molecule has 2 heterocycles. The Bertz CT molecular complexity index is 478. The number of fused-ring (bicyclic) bond motifs is 1. The van der Waals surface area contributed by atoms with Gasteiger partial charge in [0.15, 0.2) is 0 Å². The number of carbonyl (C=O) groups is 1. The van der Waals surface area contributed by atoms with Crippen molar-refractivity contribution in [2.24, 2.45) is 11.7 Å². The van der Waals surface area contributed by atoms with E-state index in [2.05, 4.69) is 28.4 Å². The molecule has 2 aliphatic heterocycles. The van der Waals surface area contributed by atoms with E-state index in [9.17, 15) is 4.79 Å². The maximum Gasteiger partial charge on any atom is 0.220 e. The highest BCUT2D eigenvalue weighted by Crippen LogP contribution is 2.28. The lowest BCUT2D eigenvalue weighted by Crippen LogP contribution is -2.38. The second-order valence-corrected chi connectivity index (χ2v) is 5.58. The summed E-state index contributed by atoms with van der Waals surface area (Å²) in [6.07, 6.45) is 2.93. The molecular weight excluding hydrogens is 238 g/mol. The van der Waals surface area contributed by atoms with E-state index < -0.39 is 0 Å². The summed E-state index contributed by atoms with van der Waals surface area (Å²) in [5.41, 5.74) is 9.52. The van der Waals surface area contributed by atoms with Gasteiger partial charge in [-0.1, -0.05) is 18.2 Å². The van der Waals surface area contributed by atoms with Crippen LogP contribution in [-0.2, 0) is 17.8 Å². The van der Waals surface area contributed by atoms with E-state index in [1.165, 1.54) is 16.8 Å². The number of carbonyl (C=O) groups excluding carboxylic acids is 1. The molecule has 1 saturated heterocycles. The number of rotatable bonds is 3. The molecule has 19 heavy (non-hydrogen) atoms. The van der Waals surface area contributed by atoms with Crippen molar-refractivity contribution in [2.75, 3.05) is 25.0 Å². The highest BCUT2D eigenvalue weighted by atomic mass is 16.1. The standard InChI is InChI=1S/C15H21N3O/c16-15(19)12-5-8-18(9-6-12)10-13-3-1-2-11-4-7-17-14(11)13/h1-3,12,17H,4-10H2,(H2,16,19). The highest BCUT2D eigenvalue weighted by molar-refractivity contribution is 5.76. The first-order valence-electron chi connectivity index (χ1n) is 7.10. The van der Waals surface area contributed by atoms with Crippen molar-refractivity contribution in [3.05, 3.63) is 29.3 Å². The predicted molar refractivity (Wildman–Crippen MR) is 75.8 cm³/mol. The van der Waals surface area contributed by atoms with Crippen LogP contribution < -0.4 is 11.1 Å². The van der Waals surface area contributed by atoms with Crippen LogP contribution in [0.4, 0.5) is 5.69 Å². The van der Waals surface area contributed by atoms with Gasteiger partial charge in [-0.3, -0.25) is 9.69 Å². The summed E-state index contributed by atoms with van der Waals surface area (Å²) in [5.74, 6) is -0.0576. The Hall–Kier alpha value is -1.55. The van der Waals surface area contributed by atoms with Crippen LogP contribution in [0.25, 0.3) is 0 Å². The summed E-state index contributed by atoms with van der Waals surface area (Å²) in [5, 5.41) is 3.48. The molecule has 1 aromatic rings. The van der Waals surface area contributed by atoms with Crippen LogP contribution in [0.1, 0.15) is 24.0 Å². The van der Waals surface area contributed by atoms with Gasteiger partial charge in [0.1, 0.15) is 0 Å². The highest BCUT2D eigenvalue weighted by Gasteiger charge is 2.24. The average Bonchev–Trinajstić information content (AvgIpc) is 2.89. The summed E-state index contributed by atoms with van der Waals surface area (Å²) in [4.78, 5) is 13.6. The van der Waals surface area contributed by atoms with Crippen LogP contribution in [0.3, 0.4) is 0 Å². The van der Waals surface area contributed by atoms with Crippen molar-refractivity contribution >= 4 is 11.6 Å². The second-order valence-electron chi connectivity index (χ2n) is 5.58. The van der Waals surface area contributed by atoms with E-state index in [4.69, 9.17) is 5.73 Å². The quantitative estimate of drug-likeness (QED) is 0.861. The smallest absolute Gasteiger partial charge is 0.220 e. The molecule has 102 valence electrons. The number of anilines is 1. The predicted octanol–water partition coefficient (Wildman–Crippen LogP) is 1.35. The molecule has 0 spiro atoms. The number of nitrogens with two attached hydrogens (primary N) is 1. The molecule has 4 nitrogen and oxygen atoms in total. The molecule has 4 heteroatoms. The number of amides is 1. The normalized spacial score (nSPS) is 20.0. The third kappa shape index (κ3) is 2.59. The molecule has 0 aliphatic carbocycles. The van der Waals surface area contributed by atoms with Gasteiger partial charge in [-0.15, -0.1) is 0 Å². The first-order valence-corrected chi connectivity index (χ1v) is 7.10. The zero-order valence-corrected chi connectivity index (χ0v) is 11.2. The molecule has 1 fully saturated rings. The summed E-state index contributed by atoms with van der Waals surface area (Å²) >= 11 is 0. The van der Waals surface area contributed by atoms with E-state index >= 15 is 0 Å². The van der Waals surface area contributed by atoms with Crippen LogP contribution in [0.15, 0.2) is 18.2 Å². The lowest BCUT2D eigenvalue weighted by atomic mass is 9.96. The number of hydrogen-bond acceptors (Lipinski definition) is 3. The largest absolute Gasteiger partial charge is 0.384 e. The Balaban J connectivity index is 1.64. The number of nitrogens with one attached hydrogen (secondary N) is 1. The first kappa shape index (κ1) is 12.5. The Kier molecular flexibility index (Phi) is 3.42. The molecule has 0 unspecified atom stereocenters. The maximum absolute atomic E-state index is 11.2. The zero-order chi connectivity index (χ0) is 13.2. The molecular formula is C15H21N3O. The topological polar surface area (TPSA) is 58.4 Å². The van der Waals surface area contributed by atoms with E-state index in [0.717, 1.165) is 45.4 Å². The van der Waals surface area contributed by atoms with E-state index in [1.807, 2.05) is 0 Å². The van der Waals surface area contributed by atoms with Gasteiger partial charge in [-0.2, -0.15) is 0 Å². The van der Waals surface area contributed by atoms with Gasteiger partial charge in [0.05, 0.1) is 0 Å². The molecule has 0 atom stereocenters. The Labute approximate surface area is 114 Å². The van der Waals surface area contributed by atoms with Crippen molar-refractivity contribution < 1.29 is 4.79 Å². The molecule has 0 bridgehead atoms. The van der Waals surface area contributed by atoms with Crippen molar-refractivity contribution in [1.29, 1.82) is 0 Å². The summed E-state index contributed by atoms with van der Waals surface area (Å²) in [6.45, 7) is 3.96. The summed E-state index contributed by atoms with van der Waals surface area (Å²) in [6, 6.07) is 6.56. The van der Waals surface area contributed by atoms with Gasteiger partial charge in [0.25, 0.3) is 0 Å². The fourth-order valence-corrected chi connectivity index (χ4v) is 3.16. The minimum Gasteiger partial charge on any atom is -0.384 e. The van der Waals surface area contributed by atoms with Crippen LogP contribution >= 0.6 is 0 Å². The molecule has 3 N–H and O–H groups in total. The molecule has 3 rings (SSSR count). The average molecular weight is 259 g/mol. The van der Waals surface area contributed by atoms with E-state index in [1.54, 1.807) is 0 Å². The Morgan fingerprint density at radius 1 is 1.37 bits per heavy atom. The number of likely N-dealkylation sites (tertiary alicyclic amines) is 1. The first-order chi connectivity index (χ1) is 9.24. The number of para-hydroxylation sites is 1. The SMILES string of the molecule is NC(=O)C1CCN(Cc2cccc3c2NCC3)CC1.